The maximum absolute atomic E-state index is 12.8. The molecule has 8 heteroatoms. The molecule has 35 heavy (non-hydrogen) atoms. The summed E-state index contributed by atoms with van der Waals surface area (Å²) in [5.74, 6) is 0.0422. The molecule has 0 spiro atoms. The highest BCUT2D eigenvalue weighted by atomic mass is 19.4. The third kappa shape index (κ3) is 5.88. The standard InChI is InChI=1S/C27H34F3N3O2/c1-31(2)26(35)22-11-7-20(8-12-22)19-5-9-21(10-6-19)25-23-17-32(16-13-27(28,29)30)14-3-4-15-33(23)24(25)18-34/h5-12,23-25,34H,3-4,13-18H2,1-2H3/t23-,24+,25+/m1/s1. The van der Waals surface area contributed by atoms with Crippen LogP contribution >= 0.6 is 0 Å². The third-order valence-corrected chi connectivity index (χ3v) is 7.33. The average Bonchev–Trinajstić information content (AvgIpc) is 2.82. The fraction of sp³-hybridized carbons (Fsp3) is 0.519. The van der Waals surface area contributed by atoms with Crippen LogP contribution in [0.15, 0.2) is 48.5 Å². The van der Waals surface area contributed by atoms with E-state index in [1.807, 2.05) is 41.3 Å². The summed E-state index contributed by atoms with van der Waals surface area (Å²) in [6.45, 7) is 2.20. The number of halogens is 3. The van der Waals surface area contributed by atoms with Gasteiger partial charge in [-0.25, -0.2) is 0 Å². The molecular weight excluding hydrogens is 455 g/mol. The van der Waals surface area contributed by atoms with Crippen molar-refractivity contribution in [1.29, 1.82) is 0 Å². The number of aliphatic hydroxyl groups excluding tert-OH is 1. The van der Waals surface area contributed by atoms with Gasteiger partial charge in [0.05, 0.1) is 13.0 Å². The second-order valence-electron chi connectivity index (χ2n) is 9.85. The molecule has 2 fully saturated rings. The molecule has 0 unspecified atom stereocenters. The molecule has 3 atom stereocenters. The minimum atomic E-state index is -4.15. The fourth-order valence-electron chi connectivity index (χ4n) is 5.46. The number of alkyl halides is 3. The number of hydrogen-bond acceptors (Lipinski definition) is 4. The number of carbonyl (C=O) groups excluding carboxylic acids is 1. The maximum Gasteiger partial charge on any atom is 0.390 e. The number of hydrogen-bond donors (Lipinski definition) is 1. The third-order valence-electron chi connectivity index (χ3n) is 7.33. The van der Waals surface area contributed by atoms with Crippen LogP contribution < -0.4 is 0 Å². The Labute approximate surface area is 205 Å². The van der Waals surface area contributed by atoms with Crippen molar-refractivity contribution in [2.24, 2.45) is 0 Å². The summed E-state index contributed by atoms with van der Waals surface area (Å²) in [5, 5.41) is 10.1. The summed E-state index contributed by atoms with van der Waals surface area (Å²) in [4.78, 5) is 17.9. The van der Waals surface area contributed by atoms with Gasteiger partial charge in [0.25, 0.3) is 5.91 Å². The van der Waals surface area contributed by atoms with Gasteiger partial charge >= 0.3 is 6.18 Å². The zero-order valence-electron chi connectivity index (χ0n) is 20.3. The van der Waals surface area contributed by atoms with Crippen molar-refractivity contribution in [2.75, 3.05) is 46.9 Å². The van der Waals surface area contributed by atoms with Crippen molar-refractivity contribution in [3.05, 3.63) is 59.7 Å². The van der Waals surface area contributed by atoms with Gasteiger partial charge in [-0.1, -0.05) is 36.4 Å². The fourth-order valence-corrected chi connectivity index (χ4v) is 5.46. The lowest BCUT2D eigenvalue weighted by Crippen LogP contribution is -2.67. The van der Waals surface area contributed by atoms with Gasteiger partial charge in [0.15, 0.2) is 0 Å². The minimum absolute atomic E-state index is 0.00949. The molecule has 0 radical (unpaired) electrons. The van der Waals surface area contributed by atoms with Crippen LogP contribution in [0.2, 0.25) is 0 Å². The summed E-state index contributed by atoms with van der Waals surface area (Å²) < 4.78 is 38.5. The first-order chi connectivity index (χ1) is 16.7. The van der Waals surface area contributed by atoms with E-state index in [2.05, 4.69) is 17.0 Å². The first-order valence-electron chi connectivity index (χ1n) is 12.3. The summed E-state index contributed by atoms with van der Waals surface area (Å²) in [6.07, 6.45) is -3.14. The first-order valence-corrected chi connectivity index (χ1v) is 12.3. The van der Waals surface area contributed by atoms with Gasteiger partial charge in [-0.15, -0.1) is 0 Å². The van der Waals surface area contributed by atoms with E-state index in [-0.39, 0.29) is 37.1 Å². The van der Waals surface area contributed by atoms with Crippen molar-refractivity contribution in [3.63, 3.8) is 0 Å². The molecule has 2 aliphatic heterocycles. The quantitative estimate of drug-likeness (QED) is 0.660. The van der Waals surface area contributed by atoms with Gasteiger partial charge in [0, 0.05) is 50.7 Å². The number of aliphatic hydroxyl groups is 1. The highest BCUT2D eigenvalue weighted by Crippen LogP contribution is 2.42. The Morgan fingerprint density at radius 1 is 1.00 bits per heavy atom. The SMILES string of the molecule is CN(C)C(=O)c1ccc(-c2ccc([C@H]3[C@H]4CN(CCC(F)(F)F)CCCCN4[C@H]3CO)cc2)cc1. The number of benzene rings is 2. The molecule has 0 aliphatic carbocycles. The Bertz CT molecular complexity index is 992. The second kappa shape index (κ2) is 10.7. The maximum atomic E-state index is 12.8. The largest absolute Gasteiger partial charge is 0.395 e. The summed E-state index contributed by atoms with van der Waals surface area (Å²) in [6, 6.07) is 15.8. The lowest BCUT2D eigenvalue weighted by Gasteiger charge is -2.57. The highest BCUT2D eigenvalue weighted by Gasteiger charge is 2.49. The molecule has 2 saturated heterocycles. The molecule has 0 bridgehead atoms. The Hall–Kier alpha value is -2.42. The summed E-state index contributed by atoms with van der Waals surface area (Å²) >= 11 is 0. The van der Waals surface area contributed by atoms with Crippen LogP contribution in [0.5, 0.6) is 0 Å². The molecular formula is C27H34F3N3O2. The molecule has 2 heterocycles. The average molecular weight is 490 g/mol. The van der Waals surface area contributed by atoms with Crippen LogP contribution in [0.25, 0.3) is 11.1 Å². The lowest BCUT2D eigenvalue weighted by atomic mass is 9.74. The summed E-state index contributed by atoms with van der Waals surface area (Å²) in [5.41, 5.74) is 3.77. The van der Waals surface area contributed by atoms with Crippen molar-refractivity contribution < 1.29 is 23.1 Å². The smallest absolute Gasteiger partial charge is 0.390 e. The molecule has 2 aromatic rings. The molecule has 0 aromatic heterocycles. The molecule has 190 valence electrons. The molecule has 0 saturated carbocycles. The van der Waals surface area contributed by atoms with Crippen LogP contribution in [0.3, 0.4) is 0 Å². The van der Waals surface area contributed by atoms with E-state index in [0.717, 1.165) is 36.1 Å². The molecule has 2 aromatic carbocycles. The van der Waals surface area contributed by atoms with Crippen LogP contribution in [0, 0.1) is 0 Å². The van der Waals surface area contributed by atoms with Gasteiger partial charge in [0.2, 0.25) is 0 Å². The molecule has 5 nitrogen and oxygen atoms in total. The number of fused-ring (bicyclic) bond motifs is 1. The van der Waals surface area contributed by atoms with E-state index in [4.69, 9.17) is 0 Å². The summed E-state index contributed by atoms with van der Waals surface area (Å²) in [7, 11) is 3.45. The van der Waals surface area contributed by atoms with Crippen LogP contribution in [-0.2, 0) is 0 Å². The second-order valence-corrected chi connectivity index (χ2v) is 9.85. The Kier molecular flexibility index (Phi) is 7.83. The van der Waals surface area contributed by atoms with E-state index in [1.165, 1.54) is 0 Å². The highest BCUT2D eigenvalue weighted by molar-refractivity contribution is 5.94. The Morgan fingerprint density at radius 2 is 1.60 bits per heavy atom. The molecule has 4 rings (SSSR count). The van der Waals surface area contributed by atoms with Crippen molar-refractivity contribution in [3.8, 4) is 11.1 Å². The molecule has 1 amide bonds. The van der Waals surface area contributed by atoms with Gasteiger partial charge in [-0.3, -0.25) is 9.69 Å². The number of carbonyl (C=O) groups is 1. The molecule has 2 aliphatic rings. The topological polar surface area (TPSA) is 47.0 Å². The Balaban J connectivity index is 1.49. The van der Waals surface area contributed by atoms with Gasteiger partial charge < -0.3 is 14.9 Å². The number of nitrogens with zero attached hydrogens (tertiary/aromatic N) is 3. The predicted molar refractivity (Wildman–Crippen MR) is 130 cm³/mol. The normalized spacial score (nSPS) is 23.7. The van der Waals surface area contributed by atoms with Crippen LogP contribution in [0.4, 0.5) is 13.2 Å². The van der Waals surface area contributed by atoms with Crippen LogP contribution in [-0.4, -0.2) is 90.9 Å². The predicted octanol–water partition coefficient (Wildman–Crippen LogP) is 4.23. The molecule has 1 N–H and O–H groups in total. The van der Waals surface area contributed by atoms with Crippen molar-refractivity contribution in [1.82, 2.24) is 14.7 Å². The van der Waals surface area contributed by atoms with Crippen LogP contribution in [0.1, 0.15) is 41.1 Å². The first kappa shape index (κ1) is 25.7. The van der Waals surface area contributed by atoms with Gasteiger partial charge in [-0.2, -0.15) is 13.2 Å². The Morgan fingerprint density at radius 3 is 2.17 bits per heavy atom. The van der Waals surface area contributed by atoms with E-state index in [0.29, 0.717) is 18.7 Å². The van der Waals surface area contributed by atoms with Crippen molar-refractivity contribution >= 4 is 5.91 Å². The van der Waals surface area contributed by atoms with E-state index in [9.17, 15) is 23.1 Å². The monoisotopic (exact) mass is 489 g/mol. The number of rotatable bonds is 6. The lowest BCUT2D eigenvalue weighted by molar-refractivity contribution is -0.140. The van der Waals surface area contributed by atoms with E-state index < -0.39 is 12.6 Å². The van der Waals surface area contributed by atoms with E-state index in [1.54, 1.807) is 19.0 Å². The number of amides is 1. The van der Waals surface area contributed by atoms with Gasteiger partial charge in [0.1, 0.15) is 0 Å². The zero-order valence-corrected chi connectivity index (χ0v) is 20.3. The van der Waals surface area contributed by atoms with Gasteiger partial charge in [-0.05, 0) is 54.8 Å². The minimum Gasteiger partial charge on any atom is -0.395 e. The zero-order chi connectivity index (χ0) is 25.2. The van der Waals surface area contributed by atoms with Crippen molar-refractivity contribution in [2.45, 2.75) is 43.4 Å². The van der Waals surface area contributed by atoms with E-state index >= 15 is 0 Å².